The fraction of sp³-hybridized carbons (Fsp3) is 0.950. The van der Waals surface area contributed by atoms with Crippen molar-refractivity contribution in [2.75, 3.05) is 32.9 Å². The normalized spacial score (nSPS) is 12.6. The van der Waals surface area contributed by atoms with Crippen molar-refractivity contribution in [2.24, 2.45) is 0 Å². The van der Waals surface area contributed by atoms with Crippen LogP contribution in [0.3, 0.4) is 0 Å². The molecule has 7 heteroatoms. The van der Waals surface area contributed by atoms with Crippen LogP contribution in [0.1, 0.15) is 60.8 Å². The summed E-state index contributed by atoms with van der Waals surface area (Å²) in [7, 11) is -3.51. The minimum absolute atomic E-state index is 0.0682. The molecule has 0 unspecified atom stereocenters. The van der Waals surface area contributed by atoms with Gasteiger partial charge in [0.1, 0.15) is 8.24 Å². The van der Waals surface area contributed by atoms with Crippen molar-refractivity contribution in [2.45, 2.75) is 91.5 Å². The largest absolute Gasteiger partial charge is 0.466 e. The number of rotatable bonds is 17. The van der Waals surface area contributed by atoms with E-state index in [2.05, 4.69) is 31.9 Å². The average molecular weight is 420 g/mol. The van der Waals surface area contributed by atoms with E-state index in [0.717, 1.165) is 45.2 Å². The van der Waals surface area contributed by atoms with Crippen LogP contribution >= 0.6 is 0 Å². The lowest BCUT2D eigenvalue weighted by molar-refractivity contribution is -0.143. The van der Waals surface area contributed by atoms with Gasteiger partial charge in [0.05, 0.1) is 13.0 Å². The van der Waals surface area contributed by atoms with Gasteiger partial charge in [0.2, 0.25) is 0 Å². The van der Waals surface area contributed by atoms with E-state index < -0.39 is 16.8 Å². The molecule has 0 atom stereocenters. The summed E-state index contributed by atoms with van der Waals surface area (Å²) in [4.78, 5) is 11.9. The zero-order valence-corrected chi connectivity index (χ0v) is 21.1. The van der Waals surface area contributed by atoms with Crippen molar-refractivity contribution in [3.8, 4) is 0 Å². The number of esters is 1. The van der Waals surface area contributed by atoms with E-state index >= 15 is 0 Å². The lowest BCUT2D eigenvalue weighted by atomic mass is 10.3. The summed E-state index contributed by atoms with van der Waals surface area (Å²) in [5, 5.41) is 0. The first-order chi connectivity index (χ1) is 12.9. The van der Waals surface area contributed by atoms with E-state index in [0.29, 0.717) is 13.0 Å². The summed E-state index contributed by atoms with van der Waals surface area (Å²) < 4.78 is 19.8. The third-order valence-corrected chi connectivity index (χ3v) is 14.5. The summed E-state index contributed by atoms with van der Waals surface area (Å²) in [5.41, 5.74) is 0. The molecule has 0 fully saturated rings. The molecule has 27 heavy (non-hydrogen) atoms. The topological polar surface area (TPSA) is 48.0 Å². The van der Waals surface area contributed by atoms with Crippen LogP contribution in [0.5, 0.6) is 0 Å². The minimum atomic E-state index is -2.02. The first kappa shape index (κ1) is 26.8. The van der Waals surface area contributed by atoms with Crippen molar-refractivity contribution in [1.29, 1.82) is 0 Å². The molecule has 0 N–H and O–H groups in total. The number of hydrogen-bond acceptors (Lipinski definition) is 5. The molecule has 0 aromatic carbocycles. The maximum Gasteiger partial charge on any atom is 0.334 e. The molecular weight excluding hydrogens is 374 g/mol. The number of hydrogen-bond donors (Lipinski definition) is 0. The highest BCUT2D eigenvalue weighted by atomic mass is 28.4. The number of carbonyl (C=O) groups excluding carboxylic acids is 1. The summed E-state index contributed by atoms with van der Waals surface area (Å²) in [6, 6.07) is 4.77. The van der Waals surface area contributed by atoms with Crippen LogP contribution in [0.25, 0.3) is 0 Å². The second-order valence-corrected chi connectivity index (χ2v) is 15.8. The van der Waals surface area contributed by atoms with Crippen LogP contribution in [0, 0.1) is 0 Å². The van der Waals surface area contributed by atoms with Gasteiger partial charge in [-0.3, -0.25) is 4.79 Å². The molecule has 0 saturated heterocycles. The molecule has 0 aliphatic rings. The van der Waals surface area contributed by atoms with Gasteiger partial charge in [-0.15, -0.1) is 0 Å². The average Bonchev–Trinajstić information content (AvgIpc) is 2.64. The predicted octanol–water partition coefficient (Wildman–Crippen LogP) is 5.17. The zero-order chi connectivity index (χ0) is 20.8. The molecule has 0 spiro atoms. The number of ether oxygens (including phenoxy) is 1. The molecule has 0 radical (unpaired) electrons. The minimum Gasteiger partial charge on any atom is -0.466 e. The number of carbonyl (C=O) groups is 1. The molecule has 0 bridgehead atoms. The Bertz CT molecular complexity index is 378. The highest BCUT2D eigenvalue weighted by Crippen LogP contribution is 2.26. The highest BCUT2D eigenvalue weighted by Gasteiger charge is 2.35. The monoisotopic (exact) mass is 419 g/mol. The fourth-order valence-corrected chi connectivity index (χ4v) is 10.6. The number of nitrogens with zero attached hydrogens (tertiary/aromatic N) is 1. The van der Waals surface area contributed by atoms with Gasteiger partial charge in [-0.05, 0) is 64.5 Å². The summed E-state index contributed by atoms with van der Waals surface area (Å²) in [6.07, 6.45) is 2.77. The van der Waals surface area contributed by atoms with Crippen LogP contribution in [0.15, 0.2) is 0 Å². The van der Waals surface area contributed by atoms with E-state index in [-0.39, 0.29) is 5.97 Å². The Morgan fingerprint density at radius 3 is 1.81 bits per heavy atom. The van der Waals surface area contributed by atoms with E-state index in [1.165, 1.54) is 18.1 Å². The van der Waals surface area contributed by atoms with Gasteiger partial charge in [0, 0.05) is 19.8 Å². The van der Waals surface area contributed by atoms with Gasteiger partial charge in [0.25, 0.3) is 0 Å². The summed E-state index contributed by atoms with van der Waals surface area (Å²) in [5.74, 6) is -0.0682. The van der Waals surface area contributed by atoms with Crippen LogP contribution in [0.4, 0.5) is 0 Å². The Morgan fingerprint density at radius 2 is 1.37 bits per heavy atom. The zero-order valence-electron chi connectivity index (χ0n) is 19.1. The van der Waals surface area contributed by atoms with Crippen LogP contribution in [0.2, 0.25) is 30.7 Å². The maximum absolute atomic E-state index is 11.9. The first-order valence-corrected chi connectivity index (χ1v) is 16.1. The van der Waals surface area contributed by atoms with Gasteiger partial charge in [0.15, 0.2) is 0 Å². The molecule has 0 saturated carbocycles. The lowest BCUT2D eigenvalue weighted by Crippen LogP contribution is -2.53. The highest BCUT2D eigenvalue weighted by molar-refractivity contribution is 6.77. The molecule has 0 amide bonds. The quantitative estimate of drug-likeness (QED) is 0.185. The number of unbranched alkanes of at least 4 members (excludes halogenated alkanes) is 1. The first-order valence-electron chi connectivity index (χ1n) is 11.0. The van der Waals surface area contributed by atoms with E-state index in [1.54, 1.807) is 0 Å². The maximum atomic E-state index is 11.9. The third-order valence-electron chi connectivity index (χ3n) is 5.74. The fourth-order valence-electron chi connectivity index (χ4n) is 4.01. The van der Waals surface area contributed by atoms with Gasteiger partial charge in [-0.2, -0.15) is 0 Å². The molecule has 0 heterocycles. The van der Waals surface area contributed by atoms with Crippen molar-refractivity contribution in [3.05, 3.63) is 0 Å². The van der Waals surface area contributed by atoms with Crippen LogP contribution in [-0.4, -0.2) is 60.2 Å². The molecule has 0 aromatic heterocycles. The van der Waals surface area contributed by atoms with Crippen molar-refractivity contribution in [3.63, 3.8) is 0 Å². The molecular formula is C20H45NO4Si2. The van der Waals surface area contributed by atoms with Gasteiger partial charge in [-0.1, -0.05) is 27.2 Å². The predicted molar refractivity (Wildman–Crippen MR) is 119 cm³/mol. The van der Waals surface area contributed by atoms with Crippen LogP contribution < -0.4 is 0 Å². The molecule has 0 aromatic rings. The third kappa shape index (κ3) is 9.70. The van der Waals surface area contributed by atoms with Gasteiger partial charge < -0.3 is 18.2 Å². The summed E-state index contributed by atoms with van der Waals surface area (Å²) in [6.45, 7) is 19.0. The van der Waals surface area contributed by atoms with Crippen molar-refractivity contribution >= 4 is 22.8 Å². The molecule has 0 aliphatic carbocycles. The molecule has 5 nitrogen and oxygen atoms in total. The molecule has 162 valence electrons. The second-order valence-electron chi connectivity index (χ2n) is 7.28. The van der Waals surface area contributed by atoms with E-state index in [1.807, 2.05) is 20.8 Å². The van der Waals surface area contributed by atoms with Crippen molar-refractivity contribution in [1.82, 2.24) is 4.57 Å². The Balaban J connectivity index is 4.81. The standard InChI is InChI=1S/C20H45NO4Si2/c1-8-23-20(22)16-18-21(27(11-4,12-5)13-6)17-14-15-19-26(7,24-9-2)25-10-3/h8-19H2,1-7H3. The van der Waals surface area contributed by atoms with E-state index in [4.69, 9.17) is 13.6 Å². The smallest absolute Gasteiger partial charge is 0.334 e. The van der Waals surface area contributed by atoms with Crippen molar-refractivity contribution < 1.29 is 18.4 Å². The van der Waals surface area contributed by atoms with Crippen LogP contribution in [-0.2, 0) is 18.4 Å². The lowest BCUT2D eigenvalue weighted by Gasteiger charge is -2.41. The Kier molecular flexibility index (Phi) is 14.6. The Hall–Kier alpha value is -0.216. The second kappa shape index (κ2) is 14.7. The molecule has 0 rings (SSSR count). The van der Waals surface area contributed by atoms with E-state index in [9.17, 15) is 4.79 Å². The summed E-state index contributed by atoms with van der Waals surface area (Å²) >= 11 is 0. The Morgan fingerprint density at radius 1 is 0.815 bits per heavy atom. The van der Waals surface area contributed by atoms with Gasteiger partial charge in [-0.25, -0.2) is 0 Å². The molecule has 0 aliphatic heterocycles. The Labute approximate surface area is 170 Å². The van der Waals surface area contributed by atoms with Gasteiger partial charge >= 0.3 is 14.5 Å². The SMILES string of the molecule is CCOC(=O)CCN(CCCC[Si](C)(OCC)OCC)[Si](CC)(CC)CC.